The van der Waals surface area contributed by atoms with Crippen molar-refractivity contribution in [2.75, 3.05) is 0 Å². The van der Waals surface area contributed by atoms with Gasteiger partial charge in [-0.15, -0.1) is 0 Å². The zero-order valence-electron chi connectivity index (χ0n) is 9.92. The van der Waals surface area contributed by atoms with Crippen LogP contribution in [-0.4, -0.2) is 5.11 Å². The summed E-state index contributed by atoms with van der Waals surface area (Å²) in [7, 11) is 0. The first-order chi connectivity index (χ1) is 8.90. The third-order valence-corrected chi connectivity index (χ3v) is 3.23. The molecule has 0 saturated carbocycles. The normalized spacial score (nSPS) is 12.5. The quantitative estimate of drug-likeness (QED) is 0.855. The standard InChI is InChI=1S/C14H10Cl2F2O/c1-7-2-3-11(17)12(13(7)18)14(19)8-4-9(15)6-10(16)5-8/h2-6,14,19H,1H3. The second-order valence-electron chi connectivity index (χ2n) is 4.20. The molecule has 0 fully saturated rings. The van der Waals surface area contributed by atoms with E-state index in [0.717, 1.165) is 6.07 Å². The second-order valence-corrected chi connectivity index (χ2v) is 5.07. The topological polar surface area (TPSA) is 20.2 Å². The summed E-state index contributed by atoms with van der Waals surface area (Å²) in [6.45, 7) is 1.50. The Hall–Kier alpha value is -1.16. The van der Waals surface area contributed by atoms with E-state index >= 15 is 0 Å². The summed E-state index contributed by atoms with van der Waals surface area (Å²) in [5.74, 6) is -1.59. The third-order valence-electron chi connectivity index (χ3n) is 2.79. The number of benzene rings is 2. The zero-order valence-corrected chi connectivity index (χ0v) is 11.4. The van der Waals surface area contributed by atoms with Gasteiger partial charge in [-0.1, -0.05) is 29.3 Å². The second kappa shape index (κ2) is 5.45. The molecule has 0 bridgehead atoms. The van der Waals surface area contributed by atoms with Gasteiger partial charge >= 0.3 is 0 Å². The van der Waals surface area contributed by atoms with Crippen molar-refractivity contribution in [3.8, 4) is 0 Å². The van der Waals surface area contributed by atoms with E-state index in [1.807, 2.05) is 0 Å². The lowest BCUT2D eigenvalue weighted by Crippen LogP contribution is -2.07. The summed E-state index contributed by atoms with van der Waals surface area (Å²) in [6.07, 6.45) is -1.46. The zero-order chi connectivity index (χ0) is 14.2. The minimum atomic E-state index is -1.46. The predicted octanol–water partition coefficient (Wildman–Crippen LogP) is 4.66. The molecule has 0 aromatic heterocycles. The number of aryl methyl sites for hydroxylation is 1. The first kappa shape index (κ1) is 14.3. The highest BCUT2D eigenvalue weighted by Crippen LogP contribution is 2.31. The minimum absolute atomic E-state index is 0.237. The highest BCUT2D eigenvalue weighted by Gasteiger charge is 2.21. The van der Waals surface area contributed by atoms with Crippen molar-refractivity contribution in [3.05, 3.63) is 68.7 Å². The lowest BCUT2D eigenvalue weighted by molar-refractivity contribution is 0.209. The van der Waals surface area contributed by atoms with E-state index in [1.165, 1.54) is 31.2 Å². The van der Waals surface area contributed by atoms with E-state index in [-0.39, 0.29) is 21.2 Å². The Kier molecular flexibility index (Phi) is 4.09. The van der Waals surface area contributed by atoms with Crippen molar-refractivity contribution < 1.29 is 13.9 Å². The van der Waals surface area contributed by atoms with Gasteiger partial charge in [0.1, 0.15) is 17.7 Å². The van der Waals surface area contributed by atoms with Crippen LogP contribution < -0.4 is 0 Å². The Labute approximate surface area is 119 Å². The molecule has 2 aromatic carbocycles. The molecule has 5 heteroatoms. The van der Waals surface area contributed by atoms with Crippen LogP contribution in [0.3, 0.4) is 0 Å². The first-order valence-electron chi connectivity index (χ1n) is 5.48. The maximum absolute atomic E-state index is 13.9. The molecule has 0 aliphatic rings. The first-order valence-corrected chi connectivity index (χ1v) is 6.24. The lowest BCUT2D eigenvalue weighted by atomic mass is 9.98. The van der Waals surface area contributed by atoms with Gasteiger partial charge in [-0.05, 0) is 42.3 Å². The van der Waals surface area contributed by atoms with Gasteiger partial charge in [-0.25, -0.2) is 8.78 Å². The van der Waals surface area contributed by atoms with Gasteiger partial charge in [0.15, 0.2) is 0 Å². The molecule has 1 atom stereocenters. The molecular weight excluding hydrogens is 293 g/mol. The summed E-state index contributed by atoms with van der Waals surface area (Å²) in [5.41, 5.74) is 0.0859. The molecule has 2 rings (SSSR count). The van der Waals surface area contributed by atoms with Gasteiger partial charge in [0.2, 0.25) is 0 Å². The molecule has 0 radical (unpaired) electrons. The van der Waals surface area contributed by atoms with Gasteiger partial charge in [0.05, 0.1) is 5.56 Å². The molecule has 19 heavy (non-hydrogen) atoms. The van der Waals surface area contributed by atoms with E-state index in [2.05, 4.69) is 0 Å². The Morgan fingerprint density at radius 1 is 1.05 bits per heavy atom. The average molecular weight is 303 g/mol. The average Bonchev–Trinajstić information content (AvgIpc) is 2.33. The van der Waals surface area contributed by atoms with E-state index < -0.39 is 23.3 Å². The molecule has 1 nitrogen and oxygen atoms in total. The van der Waals surface area contributed by atoms with Crippen LogP contribution >= 0.6 is 23.2 Å². The minimum Gasteiger partial charge on any atom is -0.383 e. The van der Waals surface area contributed by atoms with Crippen molar-refractivity contribution in [1.29, 1.82) is 0 Å². The maximum Gasteiger partial charge on any atom is 0.135 e. The van der Waals surface area contributed by atoms with Crippen LogP contribution in [0.5, 0.6) is 0 Å². The fourth-order valence-electron chi connectivity index (χ4n) is 1.83. The van der Waals surface area contributed by atoms with Gasteiger partial charge in [-0.2, -0.15) is 0 Å². The number of aliphatic hydroxyl groups is 1. The van der Waals surface area contributed by atoms with Gasteiger partial charge in [-0.3, -0.25) is 0 Å². The van der Waals surface area contributed by atoms with Crippen LogP contribution in [0.4, 0.5) is 8.78 Å². The maximum atomic E-state index is 13.9. The van der Waals surface area contributed by atoms with Crippen LogP contribution in [0.1, 0.15) is 22.8 Å². The molecule has 0 aliphatic carbocycles. The van der Waals surface area contributed by atoms with Crippen LogP contribution in [0.25, 0.3) is 0 Å². The molecule has 100 valence electrons. The number of halogens is 4. The Morgan fingerprint density at radius 3 is 2.21 bits per heavy atom. The highest BCUT2D eigenvalue weighted by atomic mass is 35.5. The predicted molar refractivity (Wildman–Crippen MR) is 71.6 cm³/mol. The van der Waals surface area contributed by atoms with Crippen molar-refractivity contribution in [1.82, 2.24) is 0 Å². The summed E-state index contributed by atoms with van der Waals surface area (Å²) < 4.78 is 27.6. The summed E-state index contributed by atoms with van der Waals surface area (Å²) in [4.78, 5) is 0. The van der Waals surface area contributed by atoms with Gasteiger partial charge < -0.3 is 5.11 Å². The smallest absolute Gasteiger partial charge is 0.135 e. The molecule has 1 N–H and O–H groups in total. The Bertz CT molecular complexity index is 609. The SMILES string of the molecule is Cc1ccc(F)c(C(O)c2cc(Cl)cc(Cl)c2)c1F. The molecule has 0 heterocycles. The van der Waals surface area contributed by atoms with Gasteiger partial charge in [0, 0.05) is 10.0 Å². The highest BCUT2D eigenvalue weighted by molar-refractivity contribution is 6.34. The number of aliphatic hydroxyl groups excluding tert-OH is 1. The van der Waals surface area contributed by atoms with Crippen molar-refractivity contribution in [3.63, 3.8) is 0 Å². The van der Waals surface area contributed by atoms with E-state index in [9.17, 15) is 13.9 Å². The fraction of sp³-hybridized carbons (Fsp3) is 0.143. The Balaban J connectivity index is 2.55. The number of rotatable bonds is 2. The van der Waals surface area contributed by atoms with Crippen molar-refractivity contribution in [2.24, 2.45) is 0 Å². The van der Waals surface area contributed by atoms with E-state index in [1.54, 1.807) is 0 Å². The van der Waals surface area contributed by atoms with Crippen LogP contribution in [0.15, 0.2) is 30.3 Å². The lowest BCUT2D eigenvalue weighted by Gasteiger charge is -2.15. The Morgan fingerprint density at radius 2 is 1.63 bits per heavy atom. The van der Waals surface area contributed by atoms with Crippen molar-refractivity contribution >= 4 is 23.2 Å². The molecule has 1 unspecified atom stereocenters. The van der Waals surface area contributed by atoms with E-state index in [0.29, 0.717) is 0 Å². The molecule has 0 aliphatic heterocycles. The van der Waals surface area contributed by atoms with Crippen LogP contribution in [0.2, 0.25) is 10.0 Å². The fourth-order valence-corrected chi connectivity index (χ4v) is 2.37. The van der Waals surface area contributed by atoms with Crippen LogP contribution in [0, 0.1) is 18.6 Å². The largest absolute Gasteiger partial charge is 0.383 e. The summed E-state index contributed by atoms with van der Waals surface area (Å²) >= 11 is 11.6. The molecule has 0 amide bonds. The summed E-state index contributed by atoms with van der Waals surface area (Å²) in [5, 5.41) is 10.7. The number of hydrogen-bond donors (Lipinski definition) is 1. The molecule has 0 spiro atoms. The molecular formula is C14H10Cl2F2O. The molecule has 2 aromatic rings. The monoisotopic (exact) mass is 302 g/mol. The number of hydrogen-bond acceptors (Lipinski definition) is 1. The van der Waals surface area contributed by atoms with Crippen LogP contribution in [-0.2, 0) is 0 Å². The third kappa shape index (κ3) is 2.89. The molecule has 0 saturated heterocycles. The van der Waals surface area contributed by atoms with E-state index in [4.69, 9.17) is 23.2 Å². The van der Waals surface area contributed by atoms with Gasteiger partial charge in [0.25, 0.3) is 0 Å². The summed E-state index contributed by atoms with van der Waals surface area (Å²) in [6, 6.07) is 6.73. The van der Waals surface area contributed by atoms with Crippen molar-refractivity contribution in [2.45, 2.75) is 13.0 Å².